The molecule has 208 valence electrons. The molecule has 7 nitrogen and oxygen atoms in total. The van der Waals surface area contributed by atoms with Gasteiger partial charge < -0.3 is 10.2 Å². The normalized spacial score (nSPS) is 12.1. The molecule has 0 saturated carbocycles. The molecule has 3 aromatic carbocycles. The molecule has 0 bridgehead atoms. The fourth-order valence-electron chi connectivity index (χ4n) is 3.93. The molecule has 0 aromatic heterocycles. The third-order valence-electron chi connectivity index (χ3n) is 5.83. The van der Waals surface area contributed by atoms with Gasteiger partial charge >= 0.3 is 0 Å². The number of sulfonamides is 1. The zero-order valence-electron chi connectivity index (χ0n) is 21.2. The Morgan fingerprint density at radius 1 is 0.923 bits per heavy atom. The first-order valence-electron chi connectivity index (χ1n) is 11.9. The summed E-state index contributed by atoms with van der Waals surface area (Å²) < 4.78 is 40.1. The fraction of sp³-hybridized carbons (Fsp3) is 0.259. The first kappa shape index (κ1) is 30.7. The van der Waals surface area contributed by atoms with E-state index in [0.29, 0.717) is 12.1 Å². The number of rotatable bonds is 11. The van der Waals surface area contributed by atoms with Crippen molar-refractivity contribution < 1.29 is 22.4 Å². The van der Waals surface area contributed by atoms with E-state index in [-0.39, 0.29) is 33.7 Å². The van der Waals surface area contributed by atoms with Crippen LogP contribution in [0.15, 0.2) is 66.7 Å². The summed E-state index contributed by atoms with van der Waals surface area (Å²) in [6.07, 6.45) is 1.08. The van der Waals surface area contributed by atoms with Crippen LogP contribution >= 0.6 is 34.8 Å². The summed E-state index contributed by atoms with van der Waals surface area (Å²) in [7, 11) is -4.04. The second-order valence-electron chi connectivity index (χ2n) is 8.74. The molecule has 0 aliphatic heterocycles. The highest BCUT2D eigenvalue weighted by Crippen LogP contribution is 2.35. The Kier molecular flexibility index (Phi) is 10.6. The van der Waals surface area contributed by atoms with Crippen molar-refractivity contribution in [2.75, 3.05) is 23.7 Å². The molecular formula is C27H27Cl3FN3O4S. The maximum absolute atomic E-state index is 13.9. The molecule has 3 rings (SSSR count). The summed E-state index contributed by atoms with van der Waals surface area (Å²) in [6.45, 7) is 1.31. The number of hydrogen-bond donors (Lipinski definition) is 1. The third kappa shape index (κ3) is 8.32. The average Bonchev–Trinajstić information content (AvgIpc) is 2.88. The zero-order valence-corrected chi connectivity index (χ0v) is 24.3. The van der Waals surface area contributed by atoms with Crippen molar-refractivity contribution in [3.8, 4) is 0 Å². The van der Waals surface area contributed by atoms with Crippen LogP contribution in [0.3, 0.4) is 0 Å². The number of nitrogens with one attached hydrogen (secondary N) is 1. The van der Waals surface area contributed by atoms with E-state index in [2.05, 4.69) is 5.32 Å². The van der Waals surface area contributed by atoms with Crippen LogP contribution < -0.4 is 9.62 Å². The first-order chi connectivity index (χ1) is 18.4. The molecule has 0 heterocycles. The highest BCUT2D eigenvalue weighted by Gasteiger charge is 2.33. The Morgan fingerprint density at radius 3 is 2.13 bits per heavy atom. The van der Waals surface area contributed by atoms with Crippen LogP contribution in [0.1, 0.15) is 18.1 Å². The van der Waals surface area contributed by atoms with E-state index in [1.807, 2.05) is 30.3 Å². The van der Waals surface area contributed by atoms with Crippen molar-refractivity contribution in [1.29, 1.82) is 0 Å². The van der Waals surface area contributed by atoms with E-state index in [1.165, 1.54) is 41.3 Å². The van der Waals surface area contributed by atoms with Gasteiger partial charge in [0, 0.05) is 19.5 Å². The number of benzene rings is 3. The monoisotopic (exact) mass is 613 g/mol. The van der Waals surface area contributed by atoms with Gasteiger partial charge in [0.2, 0.25) is 21.8 Å². The predicted molar refractivity (Wildman–Crippen MR) is 153 cm³/mol. The van der Waals surface area contributed by atoms with Crippen LogP contribution in [-0.2, 0) is 32.6 Å². The maximum atomic E-state index is 13.9. The molecular weight excluding hydrogens is 588 g/mol. The average molecular weight is 615 g/mol. The second-order valence-corrected chi connectivity index (χ2v) is 11.9. The Labute approximate surface area is 242 Å². The van der Waals surface area contributed by atoms with Crippen LogP contribution in [0.5, 0.6) is 0 Å². The predicted octanol–water partition coefficient (Wildman–Crippen LogP) is 5.33. The molecule has 1 N–H and O–H groups in total. The van der Waals surface area contributed by atoms with Gasteiger partial charge in [-0.05, 0) is 42.3 Å². The number of halogens is 4. The Balaban J connectivity index is 2.07. The van der Waals surface area contributed by atoms with Gasteiger partial charge in [-0.2, -0.15) is 0 Å². The largest absolute Gasteiger partial charge is 0.355 e. The van der Waals surface area contributed by atoms with Crippen molar-refractivity contribution in [3.05, 3.63) is 98.7 Å². The van der Waals surface area contributed by atoms with Gasteiger partial charge in [0.15, 0.2) is 0 Å². The topological polar surface area (TPSA) is 86.8 Å². The number of anilines is 1. The molecule has 2 amide bonds. The number of hydrogen-bond acceptors (Lipinski definition) is 4. The van der Waals surface area contributed by atoms with E-state index >= 15 is 0 Å². The molecule has 12 heteroatoms. The van der Waals surface area contributed by atoms with Crippen LogP contribution in [0.4, 0.5) is 10.1 Å². The molecule has 1 atom stereocenters. The summed E-state index contributed by atoms with van der Waals surface area (Å²) in [5, 5.41) is 2.89. The zero-order chi connectivity index (χ0) is 28.7. The van der Waals surface area contributed by atoms with E-state index in [4.69, 9.17) is 34.8 Å². The Morgan fingerprint density at radius 2 is 1.54 bits per heavy atom. The van der Waals surface area contributed by atoms with Crippen molar-refractivity contribution in [1.82, 2.24) is 10.2 Å². The Hall–Kier alpha value is -2.85. The van der Waals surface area contributed by atoms with Crippen LogP contribution in [-0.4, -0.2) is 50.5 Å². The lowest BCUT2D eigenvalue weighted by Gasteiger charge is -2.33. The fourth-order valence-corrected chi connectivity index (χ4v) is 5.48. The van der Waals surface area contributed by atoms with E-state index in [1.54, 1.807) is 6.92 Å². The molecule has 0 aliphatic rings. The van der Waals surface area contributed by atoms with Crippen molar-refractivity contribution in [2.45, 2.75) is 25.9 Å². The van der Waals surface area contributed by atoms with Gasteiger partial charge in [-0.25, -0.2) is 12.8 Å². The lowest BCUT2D eigenvalue weighted by Crippen LogP contribution is -2.53. The maximum Gasteiger partial charge on any atom is 0.244 e. The van der Waals surface area contributed by atoms with Crippen LogP contribution in [0, 0.1) is 5.82 Å². The second kappa shape index (κ2) is 13.5. The molecule has 0 aliphatic carbocycles. The molecule has 39 heavy (non-hydrogen) atoms. The minimum atomic E-state index is -4.04. The summed E-state index contributed by atoms with van der Waals surface area (Å²) in [5.74, 6) is -1.56. The van der Waals surface area contributed by atoms with Crippen LogP contribution in [0.2, 0.25) is 15.1 Å². The van der Waals surface area contributed by atoms with Gasteiger partial charge in [-0.3, -0.25) is 13.9 Å². The standard InChI is InChI=1S/C27H27Cl3FN3O4S/c1-3-32-27(36)25(13-18-7-5-4-6-8-18)33(16-19-9-11-20(31)12-10-19)26(35)17-34(39(2,37)38)24-15-22(29)21(28)14-23(24)30/h4-12,14-15,25H,3,13,16-17H2,1-2H3,(H,32,36). The smallest absolute Gasteiger partial charge is 0.244 e. The van der Waals surface area contributed by atoms with Crippen molar-refractivity contribution in [3.63, 3.8) is 0 Å². The van der Waals surface area contributed by atoms with Gasteiger partial charge in [-0.15, -0.1) is 0 Å². The summed E-state index contributed by atoms with van der Waals surface area (Å²) in [4.78, 5) is 28.5. The molecule has 0 fully saturated rings. The van der Waals surface area contributed by atoms with Gasteiger partial charge in [0.05, 0.1) is 27.0 Å². The summed E-state index contributed by atoms with van der Waals surface area (Å²) >= 11 is 18.4. The quantitative estimate of drug-likeness (QED) is 0.296. The van der Waals surface area contributed by atoms with Gasteiger partial charge in [-0.1, -0.05) is 77.3 Å². The molecule has 0 saturated heterocycles. The van der Waals surface area contributed by atoms with Crippen molar-refractivity contribution >= 4 is 62.3 Å². The van der Waals surface area contributed by atoms with Gasteiger partial charge in [0.25, 0.3) is 0 Å². The lowest BCUT2D eigenvalue weighted by atomic mass is 10.0. The minimum absolute atomic E-state index is 0.0303. The first-order valence-corrected chi connectivity index (χ1v) is 14.9. The van der Waals surface area contributed by atoms with E-state index in [0.717, 1.165) is 16.1 Å². The highest BCUT2D eigenvalue weighted by molar-refractivity contribution is 7.92. The SMILES string of the molecule is CCNC(=O)C(Cc1ccccc1)N(Cc1ccc(F)cc1)C(=O)CN(c1cc(Cl)c(Cl)cc1Cl)S(C)(=O)=O. The van der Waals surface area contributed by atoms with Crippen molar-refractivity contribution in [2.24, 2.45) is 0 Å². The third-order valence-corrected chi connectivity index (χ3v) is 7.98. The summed E-state index contributed by atoms with van der Waals surface area (Å²) in [6, 6.07) is 16.1. The molecule has 3 aromatic rings. The van der Waals surface area contributed by atoms with Crippen LogP contribution in [0.25, 0.3) is 0 Å². The number of amides is 2. The number of carbonyl (C=O) groups excluding carboxylic acids is 2. The number of nitrogens with zero attached hydrogens (tertiary/aromatic N) is 2. The molecule has 0 radical (unpaired) electrons. The van der Waals surface area contributed by atoms with Gasteiger partial charge in [0.1, 0.15) is 18.4 Å². The Bertz CT molecular complexity index is 1420. The lowest BCUT2D eigenvalue weighted by molar-refractivity contribution is -0.140. The number of carbonyl (C=O) groups is 2. The number of likely N-dealkylation sites (N-methyl/N-ethyl adjacent to an activating group) is 1. The highest BCUT2D eigenvalue weighted by atomic mass is 35.5. The van der Waals surface area contributed by atoms with E-state index < -0.39 is 40.2 Å². The van der Waals surface area contributed by atoms with E-state index in [9.17, 15) is 22.4 Å². The molecule has 1 unspecified atom stereocenters. The summed E-state index contributed by atoms with van der Waals surface area (Å²) in [5.41, 5.74) is 1.30. The minimum Gasteiger partial charge on any atom is -0.355 e. The molecule has 0 spiro atoms.